The molecule has 0 amide bonds. The molecular weight excluding hydrogens is 386 g/mol. The van der Waals surface area contributed by atoms with E-state index < -0.39 is 6.10 Å². The largest absolute Gasteiger partial charge is 0.387 e. The molecule has 31 heavy (non-hydrogen) atoms. The van der Waals surface area contributed by atoms with Gasteiger partial charge >= 0.3 is 0 Å². The van der Waals surface area contributed by atoms with Crippen LogP contribution in [-0.4, -0.2) is 29.8 Å². The number of hydrogen-bond donors (Lipinski definition) is 2. The standard InChI is InChI=1S/C27H37NO3/c1-4-10-25(29)22-15-16-23(26(30)11-5-2)24(18-22)20(3)12-9-17-28-19-27(31)21-13-7-6-8-14-21/h6-8,13-16,18,20,27-28,31H,4-5,9-12,17,19H2,1-3H3. The van der Waals surface area contributed by atoms with Crippen LogP contribution in [0, 0.1) is 0 Å². The lowest BCUT2D eigenvalue weighted by atomic mass is 9.87. The molecule has 0 heterocycles. The Labute approximate surface area is 187 Å². The van der Waals surface area contributed by atoms with Crippen molar-refractivity contribution >= 4 is 11.6 Å². The molecule has 0 bridgehead atoms. The lowest BCUT2D eigenvalue weighted by molar-refractivity contribution is 0.0969. The van der Waals surface area contributed by atoms with Crippen LogP contribution in [0.2, 0.25) is 0 Å². The highest BCUT2D eigenvalue weighted by molar-refractivity contribution is 6.01. The van der Waals surface area contributed by atoms with E-state index in [0.29, 0.717) is 24.9 Å². The van der Waals surface area contributed by atoms with Crippen LogP contribution < -0.4 is 5.32 Å². The summed E-state index contributed by atoms with van der Waals surface area (Å²) >= 11 is 0. The fourth-order valence-corrected chi connectivity index (χ4v) is 3.85. The molecule has 2 aromatic carbocycles. The highest BCUT2D eigenvalue weighted by Crippen LogP contribution is 2.27. The fourth-order valence-electron chi connectivity index (χ4n) is 3.85. The Morgan fingerprint density at radius 3 is 2.32 bits per heavy atom. The van der Waals surface area contributed by atoms with E-state index in [1.54, 1.807) is 0 Å². The van der Waals surface area contributed by atoms with Gasteiger partial charge in [-0.3, -0.25) is 9.59 Å². The molecule has 4 nitrogen and oxygen atoms in total. The maximum absolute atomic E-state index is 12.6. The van der Waals surface area contributed by atoms with Gasteiger partial charge in [-0.1, -0.05) is 63.2 Å². The Kier molecular flexibility index (Phi) is 10.6. The molecule has 2 rings (SSSR count). The van der Waals surface area contributed by atoms with Crippen molar-refractivity contribution in [3.05, 3.63) is 70.8 Å². The summed E-state index contributed by atoms with van der Waals surface area (Å²) in [6, 6.07) is 15.2. The molecule has 168 valence electrons. The van der Waals surface area contributed by atoms with Crippen LogP contribution in [-0.2, 0) is 0 Å². The summed E-state index contributed by atoms with van der Waals surface area (Å²) in [5.41, 5.74) is 3.37. The van der Waals surface area contributed by atoms with Crippen molar-refractivity contribution < 1.29 is 14.7 Å². The summed E-state index contributed by atoms with van der Waals surface area (Å²) in [4.78, 5) is 25.0. The van der Waals surface area contributed by atoms with Gasteiger partial charge in [-0.2, -0.15) is 0 Å². The Balaban J connectivity index is 1.96. The summed E-state index contributed by atoms with van der Waals surface area (Å²) in [6.45, 7) is 7.45. The van der Waals surface area contributed by atoms with Gasteiger partial charge < -0.3 is 10.4 Å². The fraction of sp³-hybridized carbons (Fsp3) is 0.481. The molecule has 2 N–H and O–H groups in total. The number of aliphatic hydroxyl groups is 1. The summed E-state index contributed by atoms with van der Waals surface area (Å²) < 4.78 is 0. The van der Waals surface area contributed by atoms with Gasteiger partial charge in [-0.15, -0.1) is 0 Å². The molecule has 0 saturated carbocycles. The number of hydrogen-bond acceptors (Lipinski definition) is 4. The average Bonchev–Trinajstić information content (AvgIpc) is 2.79. The SMILES string of the molecule is CCCC(=O)c1ccc(C(=O)CCC)c(C(C)CCCNCC(O)c2ccccc2)c1. The second-order valence-electron chi connectivity index (χ2n) is 8.32. The number of aliphatic hydroxyl groups excluding tert-OH is 1. The van der Waals surface area contributed by atoms with Gasteiger partial charge in [0.15, 0.2) is 11.6 Å². The van der Waals surface area contributed by atoms with Crippen molar-refractivity contribution in [2.24, 2.45) is 0 Å². The number of nitrogens with one attached hydrogen (secondary N) is 1. The highest BCUT2D eigenvalue weighted by atomic mass is 16.3. The van der Waals surface area contributed by atoms with Crippen LogP contribution >= 0.6 is 0 Å². The number of carbonyl (C=O) groups is 2. The van der Waals surface area contributed by atoms with Gasteiger partial charge in [0, 0.05) is 30.5 Å². The minimum Gasteiger partial charge on any atom is -0.387 e. The van der Waals surface area contributed by atoms with E-state index in [4.69, 9.17) is 0 Å². The van der Waals surface area contributed by atoms with Crippen LogP contribution in [0.25, 0.3) is 0 Å². The van der Waals surface area contributed by atoms with Crippen LogP contribution in [0.15, 0.2) is 48.5 Å². The Hall–Kier alpha value is -2.30. The number of carbonyl (C=O) groups excluding carboxylic acids is 2. The Morgan fingerprint density at radius 2 is 1.65 bits per heavy atom. The molecule has 0 radical (unpaired) electrons. The quantitative estimate of drug-likeness (QED) is 0.295. The highest BCUT2D eigenvalue weighted by Gasteiger charge is 2.18. The smallest absolute Gasteiger partial charge is 0.163 e. The van der Waals surface area contributed by atoms with Gasteiger partial charge in [-0.05, 0) is 55.3 Å². The van der Waals surface area contributed by atoms with Gasteiger partial charge in [-0.25, -0.2) is 0 Å². The van der Waals surface area contributed by atoms with E-state index in [2.05, 4.69) is 12.2 Å². The molecule has 4 heteroatoms. The maximum Gasteiger partial charge on any atom is 0.163 e. The van der Waals surface area contributed by atoms with Crippen molar-refractivity contribution in [1.82, 2.24) is 5.32 Å². The molecule has 0 aliphatic carbocycles. The van der Waals surface area contributed by atoms with E-state index in [0.717, 1.165) is 48.9 Å². The average molecular weight is 424 g/mol. The van der Waals surface area contributed by atoms with Crippen LogP contribution in [0.5, 0.6) is 0 Å². The summed E-state index contributed by atoms with van der Waals surface area (Å²) in [5.74, 6) is 0.482. The number of ketones is 2. The topological polar surface area (TPSA) is 66.4 Å². The molecule has 0 fully saturated rings. The molecular formula is C27H37NO3. The molecule has 0 spiro atoms. The molecule has 0 aliphatic rings. The molecule has 0 aliphatic heterocycles. The summed E-state index contributed by atoms with van der Waals surface area (Å²) in [7, 11) is 0. The minimum absolute atomic E-state index is 0.141. The van der Waals surface area contributed by atoms with Crippen molar-refractivity contribution in [2.45, 2.75) is 71.3 Å². The third-order valence-electron chi connectivity index (χ3n) is 5.67. The Bertz CT molecular complexity index is 832. The molecule has 2 unspecified atom stereocenters. The first-order valence-corrected chi connectivity index (χ1v) is 11.6. The van der Waals surface area contributed by atoms with E-state index in [1.165, 1.54) is 0 Å². The third kappa shape index (κ3) is 7.71. The van der Waals surface area contributed by atoms with Crippen molar-refractivity contribution in [2.75, 3.05) is 13.1 Å². The van der Waals surface area contributed by atoms with E-state index >= 15 is 0 Å². The number of rotatable bonds is 14. The molecule has 2 aromatic rings. The molecule has 2 atom stereocenters. The Morgan fingerprint density at radius 1 is 0.968 bits per heavy atom. The monoisotopic (exact) mass is 423 g/mol. The van der Waals surface area contributed by atoms with Gasteiger partial charge in [0.05, 0.1) is 6.10 Å². The number of benzene rings is 2. The van der Waals surface area contributed by atoms with Crippen molar-refractivity contribution in [3.63, 3.8) is 0 Å². The second kappa shape index (κ2) is 13.2. The van der Waals surface area contributed by atoms with Crippen LogP contribution in [0.1, 0.15) is 103 Å². The lowest BCUT2D eigenvalue weighted by Crippen LogP contribution is -2.22. The first kappa shape index (κ1) is 25.0. The van der Waals surface area contributed by atoms with E-state index in [9.17, 15) is 14.7 Å². The molecule has 0 saturated heterocycles. The molecule has 0 aromatic heterocycles. The normalized spacial score (nSPS) is 13.0. The third-order valence-corrected chi connectivity index (χ3v) is 5.67. The summed E-state index contributed by atoms with van der Waals surface area (Å²) in [5, 5.41) is 13.6. The van der Waals surface area contributed by atoms with Crippen molar-refractivity contribution in [1.29, 1.82) is 0 Å². The summed E-state index contributed by atoms with van der Waals surface area (Å²) in [6.07, 6.45) is 4.02. The number of Topliss-reactive ketones (excluding diaryl/α,β-unsaturated/α-hetero) is 2. The second-order valence-corrected chi connectivity index (χ2v) is 8.32. The predicted octanol–water partition coefficient (Wildman–Crippen LogP) is 5.86. The predicted molar refractivity (Wildman–Crippen MR) is 127 cm³/mol. The first-order chi connectivity index (χ1) is 15.0. The lowest BCUT2D eigenvalue weighted by Gasteiger charge is -2.18. The van der Waals surface area contributed by atoms with Gasteiger partial charge in [0.1, 0.15) is 0 Å². The first-order valence-electron chi connectivity index (χ1n) is 11.6. The van der Waals surface area contributed by atoms with Crippen molar-refractivity contribution in [3.8, 4) is 0 Å². The minimum atomic E-state index is -0.516. The van der Waals surface area contributed by atoms with Gasteiger partial charge in [0.25, 0.3) is 0 Å². The maximum atomic E-state index is 12.6. The van der Waals surface area contributed by atoms with Crippen LogP contribution in [0.4, 0.5) is 0 Å². The van der Waals surface area contributed by atoms with E-state index in [-0.39, 0.29) is 17.5 Å². The zero-order chi connectivity index (χ0) is 22.6. The van der Waals surface area contributed by atoms with E-state index in [1.807, 2.05) is 62.4 Å². The zero-order valence-electron chi connectivity index (χ0n) is 19.2. The van der Waals surface area contributed by atoms with Crippen LogP contribution in [0.3, 0.4) is 0 Å². The zero-order valence-corrected chi connectivity index (χ0v) is 19.2. The van der Waals surface area contributed by atoms with Gasteiger partial charge in [0.2, 0.25) is 0 Å².